The maximum atomic E-state index is 5.35. The van der Waals surface area contributed by atoms with Crippen molar-refractivity contribution in [2.75, 3.05) is 13.7 Å². The number of hydrogen-bond donors (Lipinski definition) is 1. The summed E-state index contributed by atoms with van der Waals surface area (Å²) in [5, 5.41) is 3.53. The zero-order valence-electron chi connectivity index (χ0n) is 11.0. The monoisotopic (exact) mass is 309 g/mol. The predicted molar refractivity (Wildman–Crippen MR) is 79.8 cm³/mol. The molecule has 0 radical (unpaired) electrons. The summed E-state index contributed by atoms with van der Waals surface area (Å²) in [6, 6.07) is 6.48. The molecule has 0 bridgehead atoms. The van der Waals surface area contributed by atoms with Gasteiger partial charge in [-0.25, -0.2) is 0 Å². The van der Waals surface area contributed by atoms with Gasteiger partial charge in [-0.15, -0.1) is 12.3 Å². The second-order valence-corrected chi connectivity index (χ2v) is 5.00. The molecule has 0 heterocycles. The highest BCUT2D eigenvalue weighted by atomic mass is 79.9. The maximum absolute atomic E-state index is 5.35. The fourth-order valence-corrected chi connectivity index (χ4v) is 2.39. The van der Waals surface area contributed by atoms with Gasteiger partial charge in [-0.3, -0.25) is 0 Å². The Hall–Kier alpha value is -0.980. The van der Waals surface area contributed by atoms with Gasteiger partial charge in [-0.05, 0) is 53.0 Å². The van der Waals surface area contributed by atoms with Crippen LogP contribution in [0.2, 0.25) is 0 Å². The van der Waals surface area contributed by atoms with E-state index in [9.17, 15) is 0 Å². The van der Waals surface area contributed by atoms with Gasteiger partial charge in [0.05, 0.1) is 11.6 Å². The van der Waals surface area contributed by atoms with Crippen LogP contribution in [-0.2, 0) is 0 Å². The molecule has 0 aliphatic carbocycles. The minimum absolute atomic E-state index is 0.309. The molecule has 18 heavy (non-hydrogen) atoms. The van der Waals surface area contributed by atoms with E-state index < -0.39 is 0 Å². The Kier molecular flexibility index (Phi) is 6.85. The first kappa shape index (κ1) is 15.1. The van der Waals surface area contributed by atoms with Gasteiger partial charge in [-0.1, -0.05) is 13.0 Å². The third kappa shape index (κ3) is 4.36. The number of halogens is 1. The SMILES string of the molecule is C#CCCC(NCCC)c1ccc(OC)c(Br)c1. The standard InChI is InChI=1S/C15H20BrNO/c1-4-6-7-14(17-10-5-2)12-8-9-15(18-3)13(16)11-12/h1,8-9,11,14,17H,5-7,10H2,2-3H3. The van der Waals surface area contributed by atoms with Crippen LogP contribution in [0, 0.1) is 12.3 Å². The van der Waals surface area contributed by atoms with E-state index in [4.69, 9.17) is 11.2 Å². The van der Waals surface area contributed by atoms with Crippen LogP contribution < -0.4 is 10.1 Å². The summed E-state index contributed by atoms with van der Waals surface area (Å²) in [7, 11) is 1.67. The lowest BCUT2D eigenvalue weighted by Crippen LogP contribution is -2.22. The van der Waals surface area contributed by atoms with Crippen LogP contribution in [0.5, 0.6) is 5.75 Å². The van der Waals surface area contributed by atoms with Crippen molar-refractivity contribution in [2.45, 2.75) is 32.2 Å². The van der Waals surface area contributed by atoms with Crippen molar-refractivity contribution >= 4 is 15.9 Å². The highest BCUT2D eigenvalue weighted by Gasteiger charge is 2.11. The Morgan fingerprint density at radius 1 is 1.50 bits per heavy atom. The van der Waals surface area contributed by atoms with E-state index in [0.29, 0.717) is 6.04 Å². The first-order valence-electron chi connectivity index (χ1n) is 6.23. The van der Waals surface area contributed by atoms with Crippen molar-refractivity contribution in [1.29, 1.82) is 0 Å². The molecule has 0 aliphatic rings. The molecule has 0 fully saturated rings. The molecule has 0 amide bonds. The van der Waals surface area contributed by atoms with E-state index in [0.717, 1.165) is 36.0 Å². The summed E-state index contributed by atoms with van der Waals surface area (Å²) in [5.41, 5.74) is 1.24. The molecule has 0 saturated heterocycles. The normalized spacial score (nSPS) is 11.9. The van der Waals surface area contributed by atoms with Gasteiger partial charge in [0.25, 0.3) is 0 Å². The number of benzene rings is 1. The molecule has 1 atom stereocenters. The van der Waals surface area contributed by atoms with Crippen LogP contribution >= 0.6 is 15.9 Å². The average molecular weight is 310 g/mol. The number of rotatable bonds is 7. The minimum atomic E-state index is 0.309. The van der Waals surface area contributed by atoms with Crippen LogP contribution in [0.1, 0.15) is 37.8 Å². The number of terminal acetylenes is 1. The molecular weight excluding hydrogens is 290 g/mol. The molecule has 0 saturated carbocycles. The lowest BCUT2D eigenvalue weighted by Gasteiger charge is -2.19. The van der Waals surface area contributed by atoms with Gasteiger partial charge in [0.1, 0.15) is 5.75 Å². The molecule has 0 aromatic heterocycles. The largest absolute Gasteiger partial charge is 0.496 e. The zero-order valence-corrected chi connectivity index (χ0v) is 12.6. The average Bonchev–Trinajstić information content (AvgIpc) is 2.39. The maximum Gasteiger partial charge on any atom is 0.133 e. The summed E-state index contributed by atoms with van der Waals surface area (Å²) >= 11 is 3.52. The van der Waals surface area contributed by atoms with Crippen LogP contribution in [0.3, 0.4) is 0 Å². The quantitative estimate of drug-likeness (QED) is 0.771. The molecule has 2 nitrogen and oxygen atoms in total. The Morgan fingerprint density at radius 2 is 2.28 bits per heavy atom. The Balaban J connectivity index is 2.83. The Labute approximate surface area is 118 Å². The Bertz CT molecular complexity index is 411. The number of ether oxygens (including phenoxy) is 1. The van der Waals surface area contributed by atoms with Crippen LogP contribution in [-0.4, -0.2) is 13.7 Å². The molecule has 0 spiro atoms. The van der Waals surface area contributed by atoms with E-state index in [1.807, 2.05) is 6.07 Å². The van der Waals surface area contributed by atoms with Gasteiger partial charge in [0.15, 0.2) is 0 Å². The second kappa shape index (κ2) is 8.18. The van der Waals surface area contributed by atoms with E-state index in [2.05, 4.69) is 46.2 Å². The van der Waals surface area contributed by atoms with Gasteiger partial charge in [0.2, 0.25) is 0 Å². The zero-order chi connectivity index (χ0) is 13.4. The van der Waals surface area contributed by atoms with Crippen molar-refractivity contribution in [2.24, 2.45) is 0 Å². The van der Waals surface area contributed by atoms with Gasteiger partial charge in [-0.2, -0.15) is 0 Å². The summed E-state index contributed by atoms with van der Waals surface area (Å²) in [5.74, 6) is 3.56. The molecule has 3 heteroatoms. The van der Waals surface area contributed by atoms with Crippen molar-refractivity contribution in [3.05, 3.63) is 28.2 Å². The van der Waals surface area contributed by atoms with E-state index in [1.54, 1.807) is 7.11 Å². The van der Waals surface area contributed by atoms with Crippen LogP contribution in [0.4, 0.5) is 0 Å². The summed E-state index contributed by atoms with van der Waals surface area (Å²) in [4.78, 5) is 0. The van der Waals surface area contributed by atoms with E-state index >= 15 is 0 Å². The smallest absolute Gasteiger partial charge is 0.133 e. The van der Waals surface area contributed by atoms with Gasteiger partial charge < -0.3 is 10.1 Å². The molecule has 0 aliphatic heterocycles. The third-order valence-corrected chi connectivity index (χ3v) is 3.42. The highest BCUT2D eigenvalue weighted by molar-refractivity contribution is 9.10. The fraction of sp³-hybridized carbons (Fsp3) is 0.467. The summed E-state index contributed by atoms with van der Waals surface area (Å²) < 4.78 is 6.22. The molecule has 1 aromatic rings. The molecule has 1 aromatic carbocycles. The number of hydrogen-bond acceptors (Lipinski definition) is 2. The number of nitrogens with one attached hydrogen (secondary N) is 1. The van der Waals surface area contributed by atoms with Crippen molar-refractivity contribution in [1.82, 2.24) is 5.32 Å². The fourth-order valence-electron chi connectivity index (χ4n) is 1.83. The molecule has 98 valence electrons. The van der Waals surface area contributed by atoms with Crippen LogP contribution in [0.25, 0.3) is 0 Å². The lowest BCUT2D eigenvalue weighted by atomic mass is 10.0. The molecule has 1 unspecified atom stereocenters. The van der Waals surface area contributed by atoms with E-state index in [-0.39, 0.29) is 0 Å². The van der Waals surface area contributed by atoms with Crippen molar-refractivity contribution in [3.8, 4) is 18.1 Å². The molecule has 1 rings (SSSR count). The van der Waals surface area contributed by atoms with E-state index in [1.165, 1.54) is 5.56 Å². The van der Waals surface area contributed by atoms with Crippen molar-refractivity contribution in [3.63, 3.8) is 0 Å². The lowest BCUT2D eigenvalue weighted by molar-refractivity contribution is 0.411. The summed E-state index contributed by atoms with van der Waals surface area (Å²) in [6.07, 6.45) is 8.20. The van der Waals surface area contributed by atoms with Gasteiger partial charge in [0, 0.05) is 12.5 Å². The topological polar surface area (TPSA) is 21.3 Å². The molecule has 1 N–H and O–H groups in total. The first-order chi connectivity index (χ1) is 8.72. The minimum Gasteiger partial charge on any atom is -0.496 e. The Morgan fingerprint density at radius 3 is 2.83 bits per heavy atom. The highest BCUT2D eigenvalue weighted by Crippen LogP contribution is 2.29. The summed E-state index contributed by atoms with van der Waals surface area (Å²) in [6.45, 7) is 3.16. The third-order valence-electron chi connectivity index (χ3n) is 2.80. The molecular formula is C15H20BrNO. The van der Waals surface area contributed by atoms with Gasteiger partial charge >= 0.3 is 0 Å². The second-order valence-electron chi connectivity index (χ2n) is 4.14. The predicted octanol–water partition coefficient (Wildman–Crippen LogP) is 3.91. The number of methoxy groups -OCH3 is 1. The van der Waals surface area contributed by atoms with Crippen LogP contribution in [0.15, 0.2) is 22.7 Å². The van der Waals surface area contributed by atoms with Crippen molar-refractivity contribution < 1.29 is 4.74 Å². The first-order valence-corrected chi connectivity index (χ1v) is 7.02.